The van der Waals surface area contributed by atoms with Crippen LogP contribution < -0.4 is 4.90 Å². The van der Waals surface area contributed by atoms with Crippen molar-refractivity contribution in [2.45, 2.75) is 30.4 Å². The van der Waals surface area contributed by atoms with Gasteiger partial charge in [0.15, 0.2) is 0 Å². The third-order valence-electron chi connectivity index (χ3n) is 4.69. The highest BCUT2D eigenvalue weighted by atomic mass is 32.2. The van der Waals surface area contributed by atoms with Gasteiger partial charge >= 0.3 is 11.9 Å². The van der Waals surface area contributed by atoms with Crippen LogP contribution in [0.15, 0.2) is 23.1 Å². The van der Waals surface area contributed by atoms with Gasteiger partial charge in [0.05, 0.1) is 29.4 Å². The number of carbonyl (C=O) groups is 2. The van der Waals surface area contributed by atoms with E-state index in [0.717, 1.165) is 4.31 Å². The van der Waals surface area contributed by atoms with Crippen LogP contribution in [-0.2, 0) is 29.0 Å². The van der Waals surface area contributed by atoms with E-state index in [1.165, 1.54) is 26.2 Å². The van der Waals surface area contributed by atoms with E-state index in [2.05, 4.69) is 0 Å². The van der Waals surface area contributed by atoms with Crippen LogP contribution in [0.5, 0.6) is 0 Å². The third-order valence-corrected chi connectivity index (χ3v) is 6.50. The Labute approximate surface area is 164 Å². The maximum Gasteiger partial charge on any atom is 0.347 e. The molecule has 0 radical (unpaired) electrons. The molecule has 3 rings (SSSR count). The van der Waals surface area contributed by atoms with Crippen molar-refractivity contribution in [3.8, 4) is 0 Å². The second-order valence-electron chi connectivity index (χ2n) is 6.94. The first-order valence-electron chi connectivity index (χ1n) is 9.01. The summed E-state index contributed by atoms with van der Waals surface area (Å²) in [4.78, 5) is 26.6. The molecule has 2 fully saturated rings. The van der Waals surface area contributed by atoms with Crippen molar-refractivity contribution in [2.75, 3.05) is 45.3 Å². The number of morpholine rings is 1. The molecule has 0 spiro atoms. The predicted octanol–water partition coefficient (Wildman–Crippen LogP) is 0.634. The van der Waals surface area contributed by atoms with Crippen LogP contribution in [0.1, 0.15) is 23.7 Å². The molecule has 1 aromatic carbocycles. The topological polar surface area (TPSA) is 102 Å². The van der Waals surface area contributed by atoms with Crippen molar-refractivity contribution in [3.05, 3.63) is 23.8 Å². The molecule has 2 atom stereocenters. The molecule has 0 bridgehead atoms. The molecule has 2 aliphatic rings. The van der Waals surface area contributed by atoms with Gasteiger partial charge in [-0.1, -0.05) is 0 Å². The van der Waals surface area contributed by atoms with E-state index in [0.29, 0.717) is 32.0 Å². The molecule has 10 heteroatoms. The monoisotopic (exact) mass is 412 g/mol. The zero-order chi connectivity index (χ0) is 20.5. The minimum absolute atomic E-state index is 0.0242. The third kappa shape index (κ3) is 4.13. The standard InChI is InChI=1S/C18H24N2O7S/c1-12-10-16(18(22)26-12)27-17(21)14-11-13(28(23,24)19(2)3)4-5-15(14)20-6-8-25-9-7-20/h4-5,11-12,16H,6-10H2,1-3H3/t12-,16+/m1/s1. The average Bonchev–Trinajstić information content (AvgIpc) is 2.98. The van der Waals surface area contributed by atoms with Crippen LogP contribution in [0.2, 0.25) is 0 Å². The Morgan fingerprint density at radius 3 is 2.50 bits per heavy atom. The zero-order valence-corrected chi connectivity index (χ0v) is 16.9. The Balaban J connectivity index is 1.96. The summed E-state index contributed by atoms with van der Waals surface area (Å²) in [5.41, 5.74) is 0.641. The zero-order valence-electron chi connectivity index (χ0n) is 16.1. The number of hydrogen-bond donors (Lipinski definition) is 0. The number of hydrogen-bond acceptors (Lipinski definition) is 8. The molecule has 2 saturated heterocycles. The van der Waals surface area contributed by atoms with E-state index in [1.54, 1.807) is 13.0 Å². The molecule has 2 aliphatic heterocycles. The maximum atomic E-state index is 12.9. The summed E-state index contributed by atoms with van der Waals surface area (Å²) in [5, 5.41) is 0. The van der Waals surface area contributed by atoms with Gasteiger partial charge in [-0.25, -0.2) is 22.3 Å². The number of rotatable bonds is 5. The van der Waals surface area contributed by atoms with Crippen molar-refractivity contribution in [2.24, 2.45) is 0 Å². The first-order valence-corrected chi connectivity index (χ1v) is 10.4. The molecular formula is C18H24N2O7S. The van der Waals surface area contributed by atoms with Gasteiger partial charge in [0.2, 0.25) is 16.1 Å². The Bertz CT molecular complexity index is 863. The summed E-state index contributed by atoms with van der Waals surface area (Å²) >= 11 is 0. The summed E-state index contributed by atoms with van der Waals surface area (Å²) in [6.07, 6.45) is -1.05. The molecule has 0 N–H and O–H groups in total. The number of benzene rings is 1. The van der Waals surface area contributed by atoms with Crippen molar-refractivity contribution in [1.29, 1.82) is 0 Å². The van der Waals surface area contributed by atoms with Gasteiger partial charge in [-0.05, 0) is 25.1 Å². The molecule has 0 amide bonds. The quantitative estimate of drug-likeness (QED) is 0.649. The van der Waals surface area contributed by atoms with Crippen LogP contribution in [0.3, 0.4) is 0 Å². The van der Waals surface area contributed by atoms with Gasteiger partial charge in [0.25, 0.3) is 0 Å². The summed E-state index contributed by atoms with van der Waals surface area (Å²) in [6.45, 7) is 3.83. The van der Waals surface area contributed by atoms with Crippen molar-refractivity contribution < 1.29 is 32.2 Å². The molecule has 0 saturated carbocycles. The van der Waals surface area contributed by atoms with E-state index in [-0.39, 0.29) is 23.0 Å². The molecule has 9 nitrogen and oxygen atoms in total. The van der Waals surface area contributed by atoms with Crippen LogP contribution in [0.25, 0.3) is 0 Å². The number of esters is 2. The second kappa shape index (κ2) is 8.06. The largest absolute Gasteiger partial charge is 0.460 e. The van der Waals surface area contributed by atoms with Gasteiger partial charge in [-0.15, -0.1) is 0 Å². The van der Waals surface area contributed by atoms with Crippen LogP contribution in [-0.4, -0.2) is 77.3 Å². The fourth-order valence-electron chi connectivity index (χ4n) is 3.14. The molecule has 154 valence electrons. The fourth-order valence-corrected chi connectivity index (χ4v) is 4.07. The van der Waals surface area contributed by atoms with Gasteiger partial charge in [0.1, 0.15) is 6.10 Å². The van der Waals surface area contributed by atoms with E-state index in [4.69, 9.17) is 14.2 Å². The average molecular weight is 412 g/mol. The fraction of sp³-hybridized carbons (Fsp3) is 0.556. The van der Waals surface area contributed by atoms with E-state index < -0.39 is 28.1 Å². The Hall–Kier alpha value is -2.17. The highest BCUT2D eigenvalue weighted by molar-refractivity contribution is 7.89. The number of ether oxygens (including phenoxy) is 3. The first kappa shape index (κ1) is 20.6. The van der Waals surface area contributed by atoms with Gasteiger partial charge in [0, 0.05) is 33.6 Å². The molecule has 1 aromatic rings. The Kier molecular flexibility index (Phi) is 5.92. The summed E-state index contributed by atoms with van der Waals surface area (Å²) in [7, 11) is -0.905. The lowest BCUT2D eigenvalue weighted by Gasteiger charge is -2.30. The molecule has 28 heavy (non-hydrogen) atoms. The van der Waals surface area contributed by atoms with Crippen molar-refractivity contribution >= 4 is 27.6 Å². The van der Waals surface area contributed by atoms with Crippen molar-refractivity contribution in [3.63, 3.8) is 0 Å². The van der Waals surface area contributed by atoms with E-state index in [9.17, 15) is 18.0 Å². The Morgan fingerprint density at radius 2 is 1.93 bits per heavy atom. The maximum absolute atomic E-state index is 12.9. The molecule has 0 unspecified atom stereocenters. The lowest BCUT2D eigenvalue weighted by molar-refractivity contribution is -0.147. The highest BCUT2D eigenvalue weighted by Crippen LogP contribution is 2.28. The van der Waals surface area contributed by atoms with Crippen LogP contribution in [0.4, 0.5) is 5.69 Å². The number of sulfonamides is 1. The van der Waals surface area contributed by atoms with Crippen LogP contribution in [0, 0.1) is 0 Å². The first-order chi connectivity index (χ1) is 13.2. The van der Waals surface area contributed by atoms with Crippen LogP contribution >= 0.6 is 0 Å². The number of cyclic esters (lactones) is 1. The summed E-state index contributed by atoms with van der Waals surface area (Å²) in [5.74, 6) is -1.35. The Morgan fingerprint density at radius 1 is 1.25 bits per heavy atom. The molecule has 2 heterocycles. The van der Waals surface area contributed by atoms with Gasteiger partial charge < -0.3 is 19.1 Å². The normalized spacial score (nSPS) is 23.0. The smallest absolute Gasteiger partial charge is 0.347 e. The number of anilines is 1. The summed E-state index contributed by atoms with van der Waals surface area (Å²) < 4.78 is 41.8. The molecular weight excluding hydrogens is 388 g/mol. The lowest BCUT2D eigenvalue weighted by Crippen LogP contribution is -2.37. The number of nitrogens with zero attached hydrogens (tertiary/aromatic N) is 2. The van der Waals surface area contributed by atoms with Crippen molar-refractivity contribution in [1.82, 2.24) is 4.31 Å². The van der Waals surface area contributed by atoms with Gasteiger partial charge in [-0.2, -0.15) is 0 Å². The van der Waals surface area contributed by atoms with E-state index >= 15 is 0 Å². The molecule has 0 aromatic heterocycles. The minimum atomic E-state index is -3.74. The number of carbonyl (C=O) groups excluding carboxylic acids is 2. The summed E-state index contributed by atoms with van der Waals surface area (Å²) in [6, 6.07) is 4.35. The van der Waals surface area contributed by atoms with Gasteiger partial charge in [-0.3, -0.25) is 0 Å². The SMILES string of the molecule is C[C@@H]1C[C@H](OC(=O)c2cc(S(=O)(=O)N(C)C)ccc2N2CCOCC2)C(=O)O1. The van der Waals surface area contributed by atoms with E-state index in [1.807, 2.05) is 4.90 Å². The highest BCUT2D eigenvalue weighted by Gasteiger charge is 2.36. The lowest BCUT2D eigenvalue weighted by atomic mass is 10.1. The second-order valence-corrected chi connectivity index (χ2v) is 9.09. The predicted molar refractivity (Wildman–Crippen MR) is 99.7 cm³/mol. The minimum Gasteiger partial charge on any atom is -0.460 e. The molecule has 0 aliphatic carbocycles.